The average Bonchev–Trinajstić information content (AvgIpc) is 2.93. The van der Waals surface area contributed by atoms with E-state index < -0.39 is 41.2 Å². The number of rotatable bonds is 6. The highest BCUT2D eigenvalue weighted by molar-refractivity contribution is 5.65. The number of halogens is 7. The Balaban J connectivity index is 1.13. The molecule has 1 heterocycles. The van der Waals surface area contributed by atoms with Gasteiger partial charge >= 0.3 is 12.3 Å². The van der Waals surface area contributed by atoms with Crippen molar-refractivity contribution in [3.05, 3.63) is 53.6 Å². The Labute approximate surface area is 235 Å². The minimum Gasteiger partial charge on any atom is -0.432 e. The second-order valence-electron chi connectivity index (χ2n) is 11.9. The van der Waals surface area contributed by atoms with Gasteiger partial charge in [0.15, 0.2) is 6.29 Å². The van der Waals surface area contributed by atoms with Crippen LogP contribution in [-0.4, -0.2) is 25.6 Å². The van der Waals surface area contributed by atoms with Crippen molar-refractivity contribution < 1.29 is 44.9 Å². The SMILES string of the molecule is CC1CCC(C2COC(C3CCC(C(F)(F)Oc4ccc(-c5ccc(C(F)(F)F)c(F)c5)c(F)c4)CC3)OC2)CC1. The van der Waals surface area contributed by atoms with E-state index in [4.69, 9.17) is 14.2 Å². The minimum atomic E-state index is -4.89. The van der Waals surface area contributed by atoms with Gasteiger partial charge in [0.05, 0.1) is 24.7 Å². The van der Waals surface area contributed by atoms with E-state index >= 15 is 8.78 Å². The lowest BCUT2D eigenvalue weighted by Crippen LogP contribution is -2.43. The molecule has 0 atom stereocenters. The predicted octanol–water partition coefficient (Wildman–Crippen LogP) is 9.24. The number of hydrogen-bond acceptors (Lipinski definition) is 3. The van der Waals surface area contributed by atoms with E-state index in [2.05, 4.69) is 6.92 Å². The molecule has 3 nitrogen and oxygen atoms in total. The van der Waals surface area contributed by atoms with Gasteiger partial charge in [0.25, 0.3) is 0 Å². The molecule has 2 saturated carbocycles. The molecule has 3 aliphatic rings. The molecule has 0 bridgehead atoms. The molecule has 226 valence electrons. The van der Waals surface area contributed by atoms with Gasteiger partial charge in [0.2, 0.25) is 0 Å². The zero-order valence-corrected chi connectivity index (χ0v) is 22.9. The molecule has 3 fully saturated rings. The average molecular weight is 589 g/mol. The summed E-state index contributed by atoms with van der Waals surface area (Å²) >= 11 is 0. The standard InChI is InChI=1S/C31H35F7O3/c1-18-2-4-19(5-3-18)22-16-39-29(40-17-22)20-6-9-23(10-7-20)31(37,38)41-24-11-12-25(27(32)15-24)21-8-13-26(28(33)14-21)30(34,35)36/h8,11-15,18-20,22-23,29H,2-7,9-10,16-17H2,1H3. The topological polar surface area (TPSA) is 27.7 Å². The van der Waals surface area contributed by atoms with Crippen LogP contribution in [0.3, 0.4) is 0 Å². The lowest BCUT2D eigenvalue weighted by Gasteiger charge is -2.41. The van der Waals surface area contributed by atoms with Crippen molar-refractivity contribution in [1.82, 2.24) is 0 Å². The molecular weight excluding hydrogens is 553 g/mol. The fraction of sp³-hybridized carbons (Fsp3) is 0.613. The van der Waals surface area contributed by atoms with Gasteiger partial charge in [-0.1, -0.05) is 25.8 Å². The predicted molar refractivity (Wildman–Crippen MR) is 138 cm³/mol. The fourth-order valence-corrected chi connectivity index (χ4v) is 6.51. The van der Waals surface area contributed by atoms with Crippen molar-refractivity contribution in [2.45, 2.75) is 76.9 Å². The highest BCUT2D eigenvalue weighted by Crippen LogP contribution is 2.43. The van der Waals surface area contributed by atoms with E-state index in [1.165, 1.54) is 25.7 Å². The van der Waals surface area contributed by atoms with Crippen LogP contribution < -0.4 is 4.74 Å². The molecule has 2 aromatic rings. The van der Waals surface area contributed by atoms with Crippen molar-refractivity contribution in [1.29, 1.82) is 0 Å². The monoisotopic (exact) mass is 588 g/mol. The zero-order chi connectivity index (χ0) is 29.4. The molecular formula is C31H35F7O3. The maximum absolute atomic E-state index is 15.1. The van der Waals surface area contributed by atoms with Gasteiger partial charge in [-0.15, -0.1) is 0 Å². The number of alkyl halides is 5. The van der Waals surface area contributed by atoms with E-state index in [0.29, 0.717) is 50.0 Å². The van der Waals surface area contributed by atoms with Gasteiger partial charge in [-0.25, -0.2) is 8.78 Å². The quantitative estimate of drug-likeness (QED) is 0.315. The van der Waals surface area contributed by atoms with E-state index in [9.17, 15) is 22.0 Å². The van der Waals surface area contributed by atoms with Crippen molar-refractivity contribution >= 4 is 0 Å². The van der Waals surface area contributed by atoms with Crippen molar-refractivity contribution in [3.63, 3.8) is 0 Å². The van der Waals surface area contributed by atoms with Crippen molar-refractivity contribution in [2.75, 3.05) is 13.2 Å². The lowest BCUT2D eigenvalue weighted by atomic mass is 9.76. The maximum Gasteiger partial charge on any atom is 0.419 e. The normalized spacial score (nSPS) is 29.8. The molecule has 10 heteroatoms. The van der Waals surface area contributed by atoms with Crippen LogP contribution in [0, 0.1) is 41.2 Å². The van der Waals surface area contributed by atoms with Crippen molar-refractivity contribution in [3.8, 4) is 16.9 Å². The Kier molecular flexibility index (Phi) is 8.90. The fourth-order valence-electron chi connectivity index (χ4n) is 6.51. The van der Waals surface area contributed by atoms with Gasteiger partial charge in [0, 0.05) is 23.5 Å². The Morgan fingerprint density at radius 1 is 0.707 bits per heavy atom. The Bertz CT molecular complexity index is 1180. The first kappa shape index (κ1) is 30.1. The second-order valence-corrected chi connectivity index (χ2v) is 11.9. The molecule has 0 unspecified atom stereocenters. The van der Waals surface area contributed by atoms with Crippen LogP contribution in [0.1, 0.15) is 63.9 Å². The van der Waals surface area contributed by atoms with Crippen LogP contribution >= 0.6 is 0 Å². The third kappa shape index (κ3) is 7.01. The largest absolute Gasteiger partial charge is 0.432 e. The molecule has 0 aromatic heterocycles. The summed E-state index contributed by atoms with van der Waals surface area (Å²) < 4.78 is 114. The summed E-state index contributed by atoms with van der Waals surface area (Å²) in [7, 11) is 0. The third-order valence-electron chi connectivity index (χ3n) is 9.09. The highest BCUT2D eigenvalue weighted by Gasteiger charge is 2.46. The Morgan fingerprint density at radius 3 is 1.93 bits per heavy atom. The van der Waals surface area contributed by atoms with Crippen LogP contribution in [0.15, 0.2) is 36.4 Å². The summed E-state index contributed by atoms with van der Waals surface area (Å²) in [4.78, 5) is 0. The smallest absolute Gasteiger partial charge is 0.419 e. The van der Waals surface area contributed by atoms with E-state index in [0.717, 1.165) is 30.2 Å². The molecule has 0 N–H and O–H groups in total. The van der Waals surface area contributed by atoms with Crippen LogP contribution in [0.25, 0.3) is 11.1 Å². The molecule has 2 aliphatic carbocycles. The summed E-state index contributed by atoms with van der Waals surface area (Å²) in [6.45, 7) is 3.57. The summed E-state index contributed by atoms with van der Waals surface area (Å²) in [5.74, 6) is -2.27. The molecule has 0 amide bonds. The third-order valence-corrected chi connectivity index (χ3v) is 9.09. The van der Waals surface area contributed by atoms with Gasteiger partial charge in [-0.2, -0.15) is 22.0 Å². The first-order valence-electron chi connectivity index (χ1n) is 14.4. The molecule has 0 spiro atoms. The molecule has 0 radical (unpaired) electrons. The van der Waals surface area contributed by atoms with Crippen LogP contribution in [0.2, 0.25) is 0 Å². The van der Waals surface area contributed by atoms with E-state index in [1.54, 1.807) is 0 Å². The summed E-state index contributed by atoms with van der Waals surface area (Å²) in [6, 6.07) is 4.91. The Morgan fingerprint density at radius 2 is 1.34 bits per heavy atom. The highest BCUT2D eigenvalue weighted by atomic mass is 19.4. The minimum absolute atomic E-state index is 0.0234. The molecule has 41 heavy (non-hydrogen) atoms. The summed E-state index contributed by atoms with van der Waals surface area (Å²) in [6.07, 6.45) is -2.60. The number of benzene rings is 2. The summed E-state index contributed by atoms with van der Waals surface area (Å²) in [5.41, 5.74) is -1.87. The molecule has 2 aromatic carbocycles. The van der Waals surface area contributed by atoms with E-state index in [1.807, 2.05) is 0 Å². The first-order valence-corrected chi connectivity index (χ1v) is 14.4. The van der Waals surface area contributed by atoms with Gasteiger partial charge in [-0.05, 0) is 80.2 Å². The van der Waals surface area contributed by atoms with Gasteiger partial charge in [-0.3, -0.25) is 0 Å². The Hall–Kier alpha value is -2.33. The summed E-state index contributed by atoms with van der Waals surface area (Å²) in [5, 5.41) is 0. The lowest BCUT2D eigenvalue weighted by molar-refractivity contribution is -0.251. The maximum atomic E-state index is 15.1. The molecule has 5 rings (SSSR count). The molecule has 1 saturated heterocycles. The van der Waals surface area contributed by atoms with Crippen LogP contribution in [0.5, 0.6) is 5.75 Å². The molecule has 1 aliphatic heterocycles. The van der Waals surface area contributed by atoms with Crippen LogP contribution in [0.4, 0.5) is 30.7 Å². The zero-order valence-electron chi connectivity index (χ0n) is 22.9. The first-order chi connectivity index (χ1) is 19.4. The van der Waals surface area contributed by atoms with Crippen LogP contribution in [-0.2, 0) is 15.7 Å². The van der Waals surface area contributed by atoms with Crippen molar-refractivity contribution in [2.24, 2.45) is 29.6 Å². The van der Waals surface area contributed by atoms with E-state index in [-0.39, 0.29) is 36.2 Å². The number of ether oxygens (including phenoxy) is 3. The van der Waals surface area contributed by atoms with Gasteiger partial charge in [0.1, 0.15) is 17.4 Å². The number of hydrogen-bond donors (Lipinski definition) is 0. The second kappa shape index (κ2) is 12.1. The van der Waals surface area contributed by atoms with Gasteiger partial charge < -0.3 is 14.2 Å².